The normalized spacial score (nSPS) is 16.8. The Hall–Kier alpha value is -2.11. The van der Waals surface area contributed by atoms with E-state index in [0.29, 0.717) is 6.04 Å². The summed E-state index contributed by atoms with van der Waals surface area (Å²) in [6.45, 7) is 2.82. The first-order valence-electron chi connectivity index (χ1n) is 8.21. The van der Waals surface area contributed by atoms with Gasteiger partial charge in [-0.15, -0.1) is 11.8 Å². The van der Waals surface area contributed by atoms with Gasteiger partial charge in [0.1, 0.15) is 11.6 Å². The molecule has 5 heteroatoms. The number of nitrogens with one attached hydrogen (secondary N) is 1. The van der Waals surface area contributed by atoms with Gasteiger partial charge < -0.3 is 5.32 Å². The lowest BCUT2D eigenvalue weighted by Crippen LogP contribution is -2.24. The van der Waals surface area contributed by atoms with Crippen LogP contribution in [0.5, 0.6) is 0 Å². The average molecular weight is 336 g/mol. The number of hydrogen-bond donors (Lipinski definition) is 1. The van der Waals surface area contributed by atoms with Crippen LogP contribution in [0.3, 0.4) is 0 Å². The van der Waals surface area contributed by atoms with E-state index in [1.54, 1.807) is 6.20 Å². The highest BCUT2D eigenvalue weighted by Gasteiger charge is 2.19. The van der Waals surface area contributed by atoms with Crippen LogP contribution in [0.4, 0.5) is 0 Å². The summed E-state index contributed by atoms with van der Waals surface area (Å²) >= 11 is 1.95. The molecule has 3 heterocycles. The van der Waals surface area contributed by atoms with E-state index < -0.39 is 0 Å². The molecular weight excluding hydrogens is 316 g/mol. The SMILES string of the molecule is Cc1nccn1-c1ccc(CN[C@@H]2CCSc3ccccc32)cn1. The second kappa shape index (κ2) is 6.79. The zero-order chi connectivity index (χ0) is 16.4. The molecule has 122 valence electrons. The van der Waals surface area contributed by atoms with Crippen LogP contribution in [-0.2, 0) is 6.54 Å². The second-order valence-electron chi connectivity index (χ2n) is 5.98. The Balaban J connectivity index is 1.45. The number of benzene rings is 1. The zero-order valence-electron chi connectivity index (χ0n) is 13.6. The summed E-state index contributed by atoms with van der Waals surface area (Å²) in [5, 5.41) is 3.69. The van der Waals surface area contributed by atoms with Crippen molar-refractivity contribution < 1.29 is 0 Å². The Morgan fingerprint density at radius 1 is 1.21 bits per heavy atom. The minimum Gasteiger partial charge on any atom is -0.306 e. The standard InChI is InChI=1S/C19H20N4S/c1-14-20-9-10-23(14)19-7-6-15(13-22-19)12-21-17-8-11-24-18-5-3-2-4-16(17)18/h2-7,9-10,13,17,21H,8,11-12H2,1H3/t17-/m1/s1. The van der Waals surface area contributed by atoms with E-state index in [-0.39, 0.29) is 0 Å². The zero-order valence-corrected chi connectivity index (χ0v) is 14.5. The molecule has 0 aliphatic carbocycles. The first-order valence-corrected chi connectivity index (χ1v) is 9.20. The summed E-state index contributed by atoms with van der Waals surface area (Å²) in [6, 6.07) is 13.3. The molecule has 1 aliphatic heterocycles. The molecule has 3 aromatic rings. The molecule has 4 rings (SSSR count). The van der Waals surface area contributed by atoms with Gasteiger partial charge in [-0.1, -0.05) is 24.3 Å². The maximum atomic E-state index is 4.57. The maximum absolute atomic E-state index is 4.57. The smallest absolute Gasteiger partial charge is 0.137 e. The molecule has 4 nitrogen and oxygen atoms in total. The van der Waals surface area contributed by atoms with Gasteiger partial charge in [-0.3, -0.25) is 4.57 Å². The number of aromatic nitrogens is 3. The van der Waals surface area contributed by atoms with Gasteiger partial charge in [0.15, 0.2) is 0 Å². The fraction of sp³-hybridized carbons (Fsp3) is 0.263. The Morgan fingerprint density at radius 2 is 2.12 bits per heavy atom. The van der Waals surface area contributed by atoms with Crippen LogP contribution in [0.15, 0.2) is 59.9 Å². The van der Waals surface area contributed by atoms with E-state index in [9.17, 15) is 0 Å². The summed E-state index contributed by atoms with van der Waals surface area (Å²) in [7, 11) is 0. The van der Waals surface area contributed by atoms with E-state index in [0.717, 1.165) is 18.2 Å². The van der Waals surface area contributed by atoms with Crippen molar-refractivity contribution in [3.8, 4) is 5.82 Å². The summed E-state index contributed by atoms with van der Waals surface area (Å²) < 4.78 is 1.99. The Labute approximate surface area is 146 Å². The van der Waals surface area contributed by atoms with E-state index in [4.69, 9.17) is 0 Å². The molecule has 1 aliphatic rings. The van der Waals surface area contributed by atoms with E-state index >= 15 is 0 Å². The number of rotatable bonds is 4. The third-order valence-electron chi connectivity index (χ3n) is 4.39. The number of imidazole rings is 1. The molecule has 0 spiro atoms. The van der Waals surface area contributed by atoms with Crippen molar-refractivity contribution in [3.63, 3.8) is 0 Å². The average Bonchev–Trinajstić information content (AvgIpc) is 3.06. The van der Waals surface area contributed by atoms with Gasteiger partial charge in [0.05, 0.1) is 0 Å². The molecule has 0 amide bonds. The van der Waals surface area contributed by atoms with Crippen molar-refractivity contribution in [1.29, 1.82) is 0 Å². The number of nitrogens with zero attached hydrogens (tertiary/aromatic N) is 3. The molecule has 0 unspecified atom stereocenters. The second-order valence-corrected chi connectivity index (χ2v) is 7.11. The molecule has 1 aromatic carbocycles. The number of thioether (sulfide) groups is 1. The van der Waals surface area contributed by atoms with Gasteiger partial charge in [-0.2, -0.15) is 0 Å². The minimum absolute atomic E-state index is 0.429. The first kappa shape index (κ1) is 15.4. The van der Waals surface area contributed by atoms with Gasteiger partial charge in [0.25, 0.3) is 0 Å². The lowest BCUT2D eigenvalue weighted by Gasteiger charge is -2.26. The van der Waals surface area contributed by atoms with Gasteiger partial charge in [-0.05, 0) is 42.4 Å². The highest BCUT2D eigenvalue weighted by molar-refractivity contribution is 7.99. The topological polar surface area (TPSA) is 42.7 Å². The van der Waals surface area contributed by atoms with Crippen LogP contribution in [0, 0.1) is 6.92 Å². The Kier molecular flexibility index (Phi) is 4.36. The lowest BCUT2D eigenvalue weighted by atomic mass is 10.0. The number of fused-ring (bicyclic) bond motifs is 1. The summed E-state index contributed by atoms with van der Waals surface area (Å²) in [6.07, 6.45) is 6.85. The predicted molar refractivity (Wildman–Crippen MR) is 97.5 cm³/mol. The molecule has 1 N–H and O–H groups in total. The Bertz CT molecular complexity index is 825. The fourth-order valence-electron chi connectivity index (χ4n) is 3.08. The molecule has 2 aromatic heterocycles. The van der Waals surface area contributed by atoms with Crippen molar-refractivity contribution in [2.75, 3.05) is 5.75 Å². The van der Waals surface area contributed by atoms with E-state index in [1.807, 2.05) is 35.6 Å². The van der Waals surface area contributed by atoms with Gasteiger partial charge in [-0.25, -0.2) is 9.97 Å². The molecule has 1 atom stereocenters. The lowest BCUT2D eigenvalue weighted by molar-refractivity contribution is 0.509. The third-order valence-corrected chi connectivity index (χ3v) is 5.52. The van der Waals surface area contributed by atoms with Crippen molar-refractivity contribution in [2.24, 2.45) is 0 Å². The van der Waals surface area contributed by atoms with Crippen molar-refractivity contribution in [3.05, 3.63) is 71.9 Å². The van der Waals surface area contributed by atoms with E-state index in [2.05, 4.69) is 51.7 Å². The first-order chi connectivity index (χ1) is 11.8. The van der Waals surface area contributed by atoms with Crippen LogP contribution in [-0.4, -0.2) is 20.3 Å². The minimum atomic E-state index is 0.429. The molecule has 24 heavy (non-hydrogen) atoms. The predicted octanol–water partition coefficient (Wildman–Crippen LogP) is 3.90. The molecule has 0 saturated heterocycles. The van der Waals surface area contributed by atoms with Crippen LogP contribution >= 0.6 is 11.8 Å². The molecular formula is C19H20N4S. The summed E-state index contributed by atoms with van der Waals surface area (Å²) in [4.78, 5) is 10.2. The number of pyridine rings is 1. The number of hydrogen-bond acceptors (Lipinski definition) is 4. The molecule has 0 bridgehead atoms. The van der Waals surface area contributed by atoms with Crippen LogP contribution in [0.1, 0.15) is 29.4 Å². The highest BCUT2D eigenvalue weighted by Crippen LogP contribution is 2.35. The van der Waals surface area contributed by atoms with Crippen LogP contribution in [0.25, 0.3) is 5.82 Å². The van der Waals surface area contributed by atoms with Gasteiger partial charge in [0, 0.05) is 36.1 Å². The van der Waals surface area contributed by atoms with Crippen LogP contribution in [0.2, 0.25) is 0 Å². The summed E-state index contributed by atoms with van der Waals surface area (Å²) in [5.74, 6) is 3.03. The third kappa shape index (κ3) is 3.09. The van der Waals surface area contributed by atoms with E-state index in [1.165, 1.54) is 28.2 Å². The monoisotopic (exact) mass is 336 g/mol. The van der Waals surface area contributed by atoms with Crippen molar-refractivity contribution in [2.45, 2.75) is 30.8 Å². The molecule has 0 radical (unpaired) electrons. The molecule has 0 saturated carbocycles. The van der Waals surface area contributed by atoms with Gasteiger partial charge >= 0.3 is 0 Å². The fourth-order valence-corrected chi connectivity index (χ4v) is 4.20. The Morgan fingerprint density at radius 3 is 2.92 bits per heavy atom. The molecule has 0 fully saturated rings. The maximum Gasteiger partial charge on any atom is 0.137 e. The largest absolute Gasteiger partial charge is 0.306 e. The summed E-state index contributed by atoms with van der Waals surface area (Å²) in [5.41, 5.74) is 2.62. The quantitative estimate of drug-likeness (QED) is 0.784. The number of aryl methyl sites for hydroxylation is 1. The highest BCUT2D eigenvalue weighted by atomic mass is 32.2. The van der Waals surface area contributed by atoms with Crippen LogP contribution < -0.4 is 5.32 Å². The van der Waals surface area contributed by atoms with Gasteiger partial charge in [0.2, 0.25) is 0 Å². The van der Waals surface area contributed by atoms with Crippen molar-refractivity contribution in [1.82, 2.24) is 19.9 Å². The van der Waals surface area contributed by atoms with Crippen molar-refractivity contribution >= 4 is 11.8 Å².